The van der Waals surface area contributed by atoms with Gasteiger partial charge in [0, 0.05) is 30.7 Å². The number of anilines is 1. The number of benzene rings is 2. The van der Waals surface area contributed by atoms with Crippen molar-refractivity contribution < 1.29 is 17.9 Å². The zero-order chi connectivity index (χ0) is 21.6. The Morgan fingerprint density at radius 2 is 1.73 bits per heavy atom. The molecular formula is C21H26BrN3O4S. The van der Waals surface area contributed by atoms with Crippen molar-refractivity contribution in [3.63, 3.8) is 0 Å². The maximum absolute atomic E-state index is 12.4. The monoisotopic (exact) mass is 495 g/mol. The molecule has 162 valence electrons. The van der Waals surface area contributed by atoms with Crippen LogP contribution in [-0.2, 0) is 32.6 Å². The Labute approximate surface area is 186 Å². The largest absolute Gasteiger partial charge is 0.379 e. The predicted molar refractivity (Wildman–Crippen MR) is 121 cm³/mol. The number of hydrogen-bond acceptors (Lipinski definition) is 5. The molecule has 0 atom stereocenters. The number of rotatable bonds is 8. The van der Waals surface area contributed by atoms with Gasteiger partial charge in [-0.1, -0.05) is 36.4 Å². The fraction of sp³-hybridized carbons (Fsp3) is 0.381. The molecule has 0 bridgehead atoms. The number of hydrogen-bond donors (Lipinski definition) is 1. The summed E-state index contributed by atoms with van der Waals surface area (Å²) in [6, 6.07) is 15.0. The van der Waals surface area contributed by atoms with Crippen LogP contribution in [0.3, 0.4) is 0 Å². The van der Waals surface area contributed by atoms with E-state index in [-0.39, 0.29) is 12.5 Å². The van der Waals surface area contributed by atoms with Crippen LogP contribution in [0.15, 0.2) is 53.0 Å². The zero-order valence-electron chi connectivity index (χ0n) is 16.9. The van der Waals surface area contributed by atoms with Gasteiger partial charge in [-0.15, -0.1) is 0 Å². The van der Waals surface area contributed by atoms with Crippen molar-refractivity contribution in [3.05, 3.63) is 64.1 Å². The van der Waals surface area contributed by atoms with E-state index >= 15 is 0 Å². The van der Waals surface area contributed by atoms with Crippen LogP contribution in [0.5, 0.6) is 0 Å². The van der Waals surface area contributed by atoms with Crippen molar-refractivity contribution in [1.29, 1.82) is 0 Å². The van der Waals surface area contributed by atoms with E-state index in [9.17, 15) is 13.2 Å². The van der Waals surface area contributed by atoms with Gasteiger partial charge in [-0.2, -0.15) is 0 Å². The van der Waals surface area contributed by atoms with Crippen LogP contribution in [0.4, 0.5) is 5.69 Å². The Hall–Kier alpha value is -1.94. The van der Waals surface area contributed by atoms with Crippen molar-refractivity contribution in [3.8, 4) is 0 Å². The van der Waals surface area contributed by atoms with Gasteiger partial charge in [0.1, 0.15) is 6.54 Å². The van der Waals surface area contributed by atoms with Crippen molar-refractivity contribution >= 4 is 37.5 Å². The summed E-state index contributed by atoms with van der Waals surface area (Å²) < 4.78 is 31.5. The number of halogens is 1. The number of nitrogens with one attached hydrogen (secondary N) is 1. The number of morpholine rings is 1. The normalized spacial score (nSPS) is 15.0. The minimum Gasteiger partial charge on any atom is -0.379 e. The second-order valence-electron chi connectivity index (χ2n) is 7.20. The molecule has 1 saturated heterocycles. The van der Waals surface area contributed by atoms with Crippen molar-refractivity contribution in [2.45, 2.75) is 13.1 Å². The lowest BCUT2D eigenvalue weighted by Gasteiger charge is -2.26. The molecule has 2 aromatic carbocycles. The molecule has 7 nitrogen and oxygen atoms in total. The van der Waals surface area contributed by atoms with Crippen LogP contribution in [0.25, 0.3) is 0 Å². The van der Waals surface area contributed by atoms with Gasteiger partial charge < -0.3 is 10.1 Å². The third kappa shape index (κ3) is 6.53. The molecule has 0 saturated carbocycles. The molecule has 0 aliphatic carbocycles. The number of carbonyl (C=O) groups excluding carboxylic acids is 1. The highest BCUT2D eigenvalue weighted by Gasteiger charge is 2.22. The number of amides is 1. The number of ether oxygens (including phenoxy) is 1. The fourth-order valence-corrected chi connectivity index (χ4v) is 4.69. The summed E-state index contributed by atoms with van der Waals surface area (Å²) in [5.74, 6) is -0.367. The molecule has 0 spiro atoms. The molecular weight excluding hydrogens is 470 g/mol. The van der Waals surface area contributed by atoms with E-state index in [0.29, 0.717) is 16.7 Å². The Balaban J connectivity index is 1.56. The Bertz CT molecular complexity index is 960. The van der Waals surface area contributed by atoms with Crippen LogP contribution in [0.2, 0.25) is 0 Å². The second kappa shape index (κ2) is 10.4. The smallest absolute Gasteiger partial charge is 0.241 e. The van der Waals surface area contributed by atoms with Gasteiger partial charge in [-0.25, -0.2) is 8.42 Å². The van der Waals surface area contributed by atoms with E-state index in [1.54, 1.807) is 24.3 Å². The van der Waals surface area contributed by atoms with Crippen LogP contribution < -0.4 is 9.62 Å². The van der Waals surface area contributed by atoms with Gasteiger partial charge in [-0.3, -0.25) is 14.0 Å². The van der Waals surface area contributed by atoms with Gasteiger partial charge in [0.25, 0.3) is 0 Å². The molecule has 1 amide bonds. The number of sulfonamides is 1. The van der Waals surface area contributed by atoms with Crippen LogP contribution in [0, 0.1) is 0 Å². The maximum Gasteiger partial charge on any atom is 0.241 e. The van der Waals surface area contributed by atoms with E-state index in [0.717, 1.165) is 49.0 Å². The van der Waals surface area contributed by atoms with Gasteiger partial charge in [0.05, 0.1) is 25.2 Å². The summed E-state index contributed by atoms with van der Waals surface area (Å²) in [5.41, 5.74) is 2.60. The predicted octanol–water partition coefficient (Wildman–Crippen LogP) is 2.36. The SMILES string of the molecule is CS(=O)(=O)N(CC(=O)NCc1ccc(CN2CCOCC2)cc1)c1ccccc1Br. The first-order chi connectivity index (χ1) is 14.3. The molecule has 0 unspecified atom stereocenters. The molecule has 1 fully saturated rings. The molecule has 0 radical (unpaired) electrons. The van der Waals surface area contributed by atoms with Gasteiger partial charge >= 0.3 is 0 Å². The van der Waals surface area contributed by atoms with Crippen molar-refractivity contribution in [1.82, 2.24) is 10.2 Å². The summed E-state index contributed by atoms with van der Waals surface area (Å²) in [4.78, 5) is 14.8. The van der Waals surface area contributed by atoms with Crippen molar-refractivity contribution in [2.75, 3.05) is 43.4 Å². The van der Waals surface area contributed by atoms with Crippen LogP contribution >= 0.6 is 15.9 Å². The first-order valence-electron chi connectivity index (χ1n) is 9.70. The van der Waals surface area contributed by atoms with Gasteiger partial charge in [0.2, 0.25) is 15.9 Å². The number of para-hydroxylation sites is 1. The van der Waals surface area contributed by atoms with E-state index < -0.39 is 10.0 Å². The van der Waals surface area contributed by atoms with E-state index in [1.807, 2.05) is 12.1 Å². The molecule has 0 aromatic heterocycles. The fourth-order valence-electron chi connectivity index (χ4n) is 3.20. The Morgan fingerprint density at radius 1 is 1.10 bits per heavy atom. The topological polar surface area (TPSA) is 79.0 Å². The molecule has 30 heavy (non-hydrogen) atoms. The Kier molecular flexibility index (Phi) is 7.87. The average Bonchev–Trinajstić information content (AvgIpc) is 2.72. The standard InChI is InChI=1S/C21H26BrN3O4S/c1-30(27,28)25(20-5-3-2-4-19(20)22)16-21(26)23-14-17-6-8-18(9-7-17)15-24-10-12-29-13-11-24/h2-9H,10-16H2,1H3,(H,23,26). The van der Waals surface area contributed by atoms with E-state index in [4.69, 9.17) is 4.74 Å². The second-order valence-corrected chi connectivity index (χ2v) is 9.96. The summed E-state index contributed by atoms with van der Waals surface area (Å²) in [6.45, 7) is 4.35. The number of nitrogens with zero attached hydrogens (tertiary/aromatic N) is 2. The molecule has 1 aliphatic rings. The lowest BCUT2D eigenvalue weighted by molar-refractivity contribution is -0.119. The minimum atomic E-state index is -3.61. The quantitative estimate of drug-likeness (QED) is 0.607. The van der Waals surface area contributed by atoms with Crippen LogP contribution in [-0.4, -0.2) is 58.3 Å². The highest BCUT2D eigenvalue weighted by molar-refractivity contribution is 9.10. The van der Waals surface area contributed by atoms with Gasteiger partial charge in [0.15, 0.2) is 0 Å². The van der Waals surface area contributed by atoms with Crippen LogP contribution in [0.1, 0.15) is 11.1 Å². The number of carbonyl (C=O) groups is 1. The third-order valence-corrected chi connectivity index (χ3v) is 6.63. The lowest BCUT2D eigenvalue weighted by atomic mass is 10.1. The first kappa shape index (κ1) is 22.7. The average molecular weight is 496 g/mol. The maximum atomic E-state index is 12.4. The summed E-state index contributed by atoms with van der Waals surface area (Å²) >= 11 is 3.35. The molecule has 1 N–H and O–H groups in total. The van der Waals surface area contributed by atoms with Gasteiger partial charge in [-0.05, 0) is 39.2 Å². The first-order valence-corrected chi connectivity index (χ1v) is 12.3. The third-order valence-electron chi connectivity index (χ3n) is 4.83. The van der Waals surface area contributed by atoms with Crippen molar-refractivity contribution in [2.24, 2.45) is 0 Å². The Morgan fingerprint density at radius 3 is 2.37 bits per heavy atom. The summed E-state index contributed by atoms with van der Waals surface area (Å²) in [6.07, 6.45) is 1.09. The summed E-state index contributed by atoms with van der Waals surface area (Å²) in [7, 11) is -3.61. The molecule has 9 heteroatoms. The molecule has 1 aliphatic heterocycles. The summed E-state index contributed by atoms with van der Waals surface area (Å²) in [5, 5.41) is 2.80. The van der Waals surface area contributed by atoms with E-state index in [1.165, 1.54) is 5.56 Å². The minimum absolute atomic E-state index is 0.281. The molecule has 3 rings (SSSR count). The lowest BCUT2D eigenvalue weighted by Crippen LogP contribution is -2.40. The highest BCUT2D eigenvalue weighted by atomic mass is 79.9. The highest BCUT2D eigenvalue weighted by Crippen LogP contribution is 2.27. The molecule has 1 heterocycles. The zero-order valence-corrected chi connectivity index (χ0v) is 19.3. The molecule has 2 aromatic rings. The van der Waals surface area contributed by atoms with E-state index in [2.05, 4.69) is 38.3 Å².